The molecule has 0 unspecified atom stereocenters. The molecule has 4 amide bonds. The molecule has 0 saturated carbocycles. The van der Waals surface area contributed by atoms with Crippen molar-refractivity contribution < 1.29 is 39.3 Å². The number of rotatable bonds is 17. The predicted molar refractivity (Wildman–Crippen MR) is 174 cm³/mol. The summed E-state index contributed by atoms with van der Waals surface area (Å²) in [4.78, 5) is 72.4. The minimum absolute atomic E-state index is 0.0236. The molecule has 1 heterocycles. The second-order valence-electron chi connectivity index (χ2n) is 12.3. The molecular formula is C31H50N8O8. The molecule has 16 heteroatoms. The van der Waals surface area contributed by atoms with Crippen LogP contribution in [-0.4, -0.2) is 117 Å². The number of aromatic hydroxyl groups is 1. The van der Waals surface area contributed by atoms with Gasteiger partial charge in [0.1, 0.15) is 23.9 Å². The van der Waals surface area contributed by atoms with Crippen molar-refractivity contribution >= 4 is 35.6 Å². The highest BCUT2D eigenvalue weighted by Gasteiger charge is 2.42. The number of phenolic OH excluding ortho intramolecular Hbond substituents is 1. The lowest BCUT2D eigenvalue weighted by atomic mass is 9.98. The quantitative estimate of drug-likeness (QED) is 0.0547. The number of nitrogens with one attached hydrogen (secondary N) is 2. The first kappa shape index (κ1) is 38.7. The zero-order valence-corrected chi connectivity index (χ0v) is 27.5. The van der Waals surface area contributed by atoms with Crippen molar-refractivity contribution in [2.75, 3.05) is 20.1 Å². The van der Waals surface area contributed by atoms with Crippen LogP contribution in [0.4, 0.5) is 0 Å². The Hall–Kier alpha value is -4.44. The van der Waals surface area contributed by atoms with E-state index in [0.717, 1.165) is 0 Å². The molecule has 1 aliphatic heterocycles. The standard InChI is InChI=1S/C31H50N8O8/c1-17(2)15-24(29(45)39-14-6-8-23(39)27(43)37-25(18(3)40)30(46)47)38(4)28(44)22(16-19-9-11-20(41)12-10-19)36-26(42)21(32)7-5-13-35-31(33)34/h9-12,17-18,21-25,40-41H,5-8,13-16,32H2,1-4H3,(H,36,42)(H,37,43)(H,46,47)(H4,33,34,35)/t18-,21-,22+,23+,24+,25-/m0/s1. The molecule has 16 nitrogen and oxygen atoms in total. The Balaban J connectivity index is 2.32. The number of benzene rings is 1. The molecular weight excluding hydrogens is 612 g/mol. The summed E-state index contributed by atoms with van der Waals surface area (Å²) < 4.78 is 0. The monoisotopic (exact) mass is 662 g/mol. The summed E-state index contributed by atoms with van der Waals surface area (Å²) in [6.45, 7) is 5.48. The first-order valence-corrected chi connectivity index (χ1v) is 15.7. The number of aliphatic hydroxyl groups is 1. The Kier molecular flexibility index (Phi) is 14.9. The number of nitrogens with zero attached hydrogens (tertiary/aromatic N) is 3. The summed E-state index contributed by atoms with van der Waals surface area (Å²) in [7, 11) is 1.46. The first-order valence-electron chi connectivity index (χ1n) is 15.7. The lowest BCUT2D eigenvalue weighted by Crippen LogP contribution is -2.59. The summed E-state index contributed by atoms with van der Waals surface area (Å²) in [6, 6.07) is 0.444. The van der Waals surface area contributed by atoms with Gasteiger partial charge in [-0.25, -0.2) is 4.79 Å². The van der Waals surface area contributed by atoms with Crippen LogP contribution in [0, 0.1) is 5.92 Å². The fourth-order valence-electron chi connectivity index (χ4n) is 5.40. The molecule has 262 valence electrons. The summed E-state index contributed by atoms with van der Waals surface area (Å²) in [5, 5.41) is 34.0. The van der Waals surface area contributed by atoms with E-state index in [1.807, 2.05) is 13.8 Å². The number of carbonyl (C=O) groups is 5. The van der Waals surface area contributed by atoms with E-state index in [2.05, 4.69) is 15.6 Å². The lowest BCUT2D eigenvalue weighted by molar-refractivity contribution is -0.150. The van der Waals surface area contributed by atoms with Crippen molar-refractivity contribution in [1.29, 1.82) is 0 Å². The van der Waals surface area contributed by atoms with Gasteiger partial charge in [0.15, 0.2) is 12.0 Å². The van der Waals surface area contributed by atoms with Gasteiger partial charge in [0, 0.05) is 26.6 Å². The third-order valence-electron chi connectivity index (χ3n) is 7.97. The molecule has 1 fully saturated rings. The number of amides is 4. The molecule has 1 aliphatic rings. The van der Waals surface area contributed by atoms with Crippen LogP contribution in [-0.2, 0) is 30.4 Å². The summed E-state index contributed by atoms with van der Waals surface area (Å²) in [5.74, 6) is -3.90. The second kappa shape index (κ2) is 18.0. The normalized spacial score (nSPS) is 17.6. The largest absolute Gasteiger partial charge is 0.508 e. The number of hydrogen-bond donors (Lipinski definition) is 8. The number of aliphatic imine (C=N–C) groups is 1. The molecule has 0 spiro atoms. The van der Waals surface area contributed by atoms with Crippen molar-refractivity contribution in [3.05, 3.63) is 29.8 Å². The zero-order chi connectivity index (χ0) is 35.4. The molecule has 2 rings (SSSR count). The van der Waals surface area contributed by atoms with Crippen LogP contribution in [0.5, 0.6) is 5.75 Å². The zero-order valence-electron chi connectivity index (χ0n) is 27.5. The topological polar surface area (TPSA) is 267 Å². The number of likely N-dealkylation sites (N-methyl/N-ethyl adjacent to an activating group) is 1. The molecule has 0 bridgehead atoms. The average Bonchev–Trinajstić information content (AvgIpc) is 3.50. The summed E-state index contributed by atoms with van der Waals surface area (Å²) in [5.41, 5.74) is 17.4. The van der Waals surface area contributed by atoms with E-state index in [1.54, 1.807) is 12.1 Å². The van der Waals surface area contributed by atoms with Crippen LogP contribution in [0.15, 0.2) is 29.3 Å². The van der Waals surface area contributed by atoms with Crippen LogP contribution in [0.1, 0.15) is 58.4 Å². The van der Waals surface area contributed by atoms with E-state index in [9.17, 15) is 39.3 Å². The van der Waals surface area contributed by atoms with Crippen molar-refractivity contribution in [3.63, 3.8) is 0 Å². The maximum absolute atomic E-state index is 14.1. The van der Waals surface area contributed by atoms with Crippen molar-refractivity contribution in [2.24, 2.45) is 28.1 Å². The molecule has 1 aromatic rings. The van der Waals surface area contributed by atoms with Crippen LogP contribution in [0.3, 0.4) is 0 Å². The number of aliphatic carboxylic acids is 1. The van der Waals surface area contributed by atoms with Gasteiger partial charge in [-0.3, -0.25) is 24.2 Å². The van der Waals surface area contributed by atoms with Crippen molar-refractivity contribution in [2.45, 2.75) is 95.6 Å². The number of phenols is 1. The van der Waals surface area contributed by atoms with Gasteiger partial charge in [0.05, 0.1) is 12.1 Å². The Morgan fingerprint density at radius 1 is 1.09 bits per heavy atom. The van der Waals surface area contributed by atoms with Gasteiger partial charge in [0.2, 0.25) is 23.6 Å². The molecule has 1 aromatic carbocycles. The Morgan fingerprint density at radius 3 is 2.28 bits per heavy atom. The number of carboxylic acids is 1. The predicted octanol–water partition coefficient (Wildman–Crippen LogP) is -1.39. The minimum Gasteiger partial charge on any atom is -0.508 e. The molecule has 0 aliphatic carbocycles. The third kappa shape index (κ3) is 11.7. The summed E-state index contributed by atoms with van der Waals surface area (Å²) >= 11 is 0. The summed E-state index contributed by atoms with van der Waals surface area (Å²) in [6.07, 6.45) is 0.308. The fourth-order valence-corrected chi connectivity index (χ4v) is 5.40. The second-order valence-corrected chi connectivity index (χ2v) is 12.3. The number of aliphatic hydroxyl groups excluding tert-OH is 1. The lowest BCUT2D eigenvalue weighted by Gasteiger charge is -2.36. The van der Waals surface area contributed by atoms with E-state index in [-0.39, 0.29) is 56.4 Å². The van der Waals surface area contributed by atoms with Crippen LogP contribution >= 0.6 is 0 Å². The SMILES string of the molecule is CC(C)C[C@H](C(=O)N1CCC[C@@H]1C(=O)N[C@H](C(=O)O)[C@H](C)O)N(C)C(=O)[C@@H](Cc1ccc(O)cc1)NC(=O)[C@@H](N)CCCN=C(N)N. The van der Waals surface area contributed by atoms with Crippen LogP contribution in [0.25, 0.3) is 0 Å². The Labute approximate surface area is 274 Å². The highest BCUT2D eigenvalue weighted by atomic mass is 16.4. The number of hydrogen-bond acceptors (Lipinski definition) is 9. The highest BCUT2D eigenvalue weighted by molar-refractivity contribution is 5.96. The van der Waals surface area contributed by atoms with Gasteiger partial charge in [-0.15, -0.1) is 0 Å². The van der Waals surface area contributed by atoms with Gasteiger partial charge in [-0.2, -0.15) is 0 Å². The Bertz CT molecular complexity index is 1270. The van der Waals surface area contributed by atoms with E-state index in [1.165, 1.54) is 35.9 Å². The maximum atomic E-state index is 14.1. The smallest absolute Gasteiger partial charge is 0.328 e. The van der Waals surface area contributed by atoms with Gasteiger partial charge < -0.3 is 53.0 Å². The van der Waals surface area contributed by atoms with Crippen molar-refractivity contribution in [1.82, 2.24) is 20.4 Å². The number of likely N-dealkylation sites (tertiary alicyclic amines) is 1. The minimum atomic E-state index is -1.56. The Morgan fingerprint density at radius 2 is 1.72 bits per heavy atom. The van der Waals surface area contributed by atoms with Gasteiger partial charge in [-0.05, 0) is 62.6 Å². The van der Waals surface area contributed by atoms with Gasteiger partial charge >= 0.3 is 5.97 Å². The molecule has 0 radical (unpaired) electrons. The average molecular weight is 663 g/mol. The molecule has 0 aromatic heterocycles. The third-order valence-corrected chi connectivity index (χ3v) is 7.97. The molecule has 11 N–H and O–H groups in total. The molecule has 47 heavy (non-hydrogen) atoms. The number of carboxylic acid groups (broad SMARTS) is 1. The highest BCUT2D eigenvalue weighted by Crippen LogP contribution is 2.24. The fraction of sp³-hybridized carbons (Fsp3) is 0.613. The van der Waals surface area contributed by atoms with Gasteiger partial charge in [0.25, 0.3) is 0 Å². The number of guanidine groups is 1. The van der Waals surface area contributed by atoms with Gasteiger partial charge in [-0.1, -0.05) is 26.0 Å². The van der Waals surface area contributed by atoms with E-state index in [4.69, 9.17) is 17.2 Å². The first-order chi connectivity index (χ1) is 22.0. The van der Waals surface area contributed by atoms with E-state index < -0.39 is 65.9 Å². The van der Waals surface area contributed by atoms with Crippen LogP contribution in [0.2, 0.25) is 0 Å². The van der Waals surface area contributed by atoms with E-state index in [0.29, 0.717) is 18.4 Å². The van der Waals surface area contributed by atoms with Crippen molar-refractivity contribution in [3.8, 4) is 5.75 Å². The molecule has 6 atom stereocenters. The van der Waals surface area contributed by atoms with E-state index >= 15 is 0 Å². The van der Waals surface area contributed by atoms with Crippen LogP contribution < -0.4 is 27.8 Å². The number of nitrogens with two attached hydrogens (primary N) is 3. The maximum Gasteiger partial charge on any atom is 0.328 e. The molecule has 1 saturated heterocycles. The number of carbonyl (C=O) groups excluding carboxylic acids is 4.